The molecule has 84 valence electrons. The molecule has 0 spiro atoms. The van der Waals surface area contributed by atoms with E-state index in [2.05, 4.69) is 0 Å². The fourth-order valence-electron chi connectivity index (χ4n) is 1.11. The number of nitriles is 1. The molecule has 1 rings (SSSR count). The number of hydrogen-bond donors (Lipinski definition) is 0. The maximum Gasteiger partial charge on any atom is 0.419 e. The van der Waals surface area contributed by atoms with Gasteiger partial charge in [0.15, 0.2) is 0 Å². The highest BCUT2D eigenvalue weighted by Crippen LogP contribution is 2.32. The zero-order valence-electron chi connectivity index (χ0n) is 8.05. The number of allylic oxidation sites excluding steroid dienone is 1. The van der Waals surface area contributed by atoms with E-state index in [9.17, 15) is 17.6 Å². The number of nitrogens with zero attached hydrogens (tertiary/aromatic N) is 1. The Kier molecular flexibility index (Phi) is 3.67. The van der Waals surface area contributed by atoms with Crippen LogP contribution in [0.3, 0.4) is 0 Å². The van der Waals surface area contributed by atoms with Gasteiger partial charge in [0.05, 0.1) is 18.1 Å². The molecule has 0 bridgehead atoms. The predicted molar refractivity (Wildman–Crippen MR) is 50.7 cm³/mol. The van der Waals surface area contributed by atoms with Gasteiger partial charge in [-0.25, -0.2) is 4.39 Å². The van der Waals surface area contributed by atoms with Crippen LogP contribution in [-0.4, -0.2) is 0 Å². The summed E-state index contributed by atoms with van der Waals surface area (Å²) in [6, 6.07) is 4.50. The second-order valence-electron chi connectivity index (χ2n) is 3.00. The normalized spacial score (nSPS) is 11.7. The summed E-state index contributed by atoms with van der Waals surface area (Å²) >= 11 is 0. The van der Waals surface area contributed by atoms with Crippen LogP contribution in [0.15, 0.2) is 24.3 Å². The Morgan fingerprint density at radius 2 is 2.00 bits per heavy atom. The van der Waals surface area contributed by atoms with E-state index >= 15 is 0 Å². The third kappa shape index (κ3) is 3.09. The Morgan fingerprint density at radius 3 is 2.56 bits per heavy atom. The summed E-state index contributed by atoms with van der Waals surface area (Å²) in [5.74, 6) is -1.30. The fraction of sp³-hybridized carbons (Fsp3) is 0.182. The monoisotopic (exact) mass is 229 g/mol. The fourth-order valence-corrected chi connectivity index (χ4v) is 1.11. The highest BCUT2D eigenvalue weighted by Gasteiger charge is 2.33. The molecular formula is C11H7F4N. The van der Waals surface area contributed by atoms with Crippen molar-refractivity contribution in [3.8, 4) is 6.07 Å². The van der Waals surface area contributed by atoms with Crippen LogP contribution < -0.4 is 0 Å². The van der Waals surface area contributed by atoms with Gasteiger partial charge in [-0.2, -0.15) is 18.4 Å². The van der Waals surface area contributed by atoms with E-state index < -0.39 is 17.6 Å². The van der Waals surface area contributed by atoms with Gasteiger partial charge in [0.25, 0.3) is 0 Å². The van der Waals surface area contributed by atoms with Crippen LogP contribution in [0.1, 0.15) is 17.5 Å². The van der Waals surface area contributed by atoms with Gasteiger partial charge in [-0.05, 0) is 17.7 Å². The van der Waals surface area contributed by atoms with Crippen LogP contribution in [0.4, 0.5) is 17.6 Å². The smallest absolute Gasteiger partial charge is 0.206 e. The van der Waals surface area contributed by atoms with E-state index in [1.807, 2.05) is 6.07 Å². The van der Waals surface area contributed by atoms with Crippen LogP contribution >= 0.6 is 0 Å². The van der Waals surface area contributed by atoms with Crippen LogP contribution in [0.5, 0.6) is 0 Å². The molecule has 1 aromatic carbocycles. The lowest BCUT2D eigenvalue weighted by molar-refractivity contribution is -0.140. The molecule has 0 saturated heterocycles. The molecular weight excluding hydrogens is 222 g/mol. The second kappa shape index (κ2) is 4.79. The summed E-state index contributed by atoms with van der Waals surface area (Å²) in [5, 5.41) is 8.23. The highest BCUT2D eigenvalue weighted by molar-refractivity contribution is 5.51. The van der Waals surface area contributed by atoms with Gasteiger partial charge in [-0.1, -0.05) is 18.2 Å². The Labute approximate surface area is 89.6 Å². The summed E-state index contributed by atoms with van der Waals surface area (Å²) < 4.78 is 49.8. The van der Waals surface area contributed by atoms with Crippen molar-refractivity contribution in [1.29, 1.82) is 5.26 Å². The van der Waals surface area contributed by atoms with Crippen LogP contribution in [0.25, 0.3) is 6.08 Å². The van der Waals surface area contributed by atoms with E-state index in [0.29, 0.717) is 6.07 Å². The zero-order valence-corrected chi connectivity index (χ0v) is 8.05. The average Bonchev–Trinajstić information content (AvgIpc) is 2.19. The molecule has 0 aromatic heterocycles. The summed E-state index contributed by atoms with van der Waals surface area (Å²) in [6.07, 6.45) is -1.85. The van der Waals surface area contributed by atoms with Gasteiger partial charge < -0.3 is 0 Å². The lowest BCUT2D eigenvalue weighted by Gasteiger charge is -2.08. The van der Waals surface area contributed by atoms with Crippen molar-refractivity contribution in [3.63, 3.8) is 0 Å². The van der Waals surface area contributed by atoms with E-state index in [4.69, 9.17) is 5.26 Å². The molecule has 1 aromatic rings. The first-order chi connectivity index (χ1) is 7.45. The largest absolute Gasteiger partial charge is 0.419 e. The number of benzene rings is 1. The quantitative estimate of drug-likeness (QED) is 0.708. The molecule has 0 aliphatic carbocycles. The average molecular weight is 229 g/mol. The second-order valence-corrected chi connectivity index (χ2v) is 3.00. The minimum absolute atomic E-state index is 0.0960. The molecule has 0 atom stereocenters. The van der Waals surface area contributed by atoms with Crippen molar-refractivity contribution in [2.24, 2.45) is 0 Å². The molecule has 5 heteroatoms. The molecule has 0 fully saturated rings. The molecule has 0 N–H and O–H groups in total. The van der Waals surface area contributed by atoms with Crippen LogP contribution in [-0.2, 0) is 6.18 Å². The third-order valence-electron chi connectivity index (χ3n) is 1.82. The lowest BCUT2D eigenvalue weighted by atomic mass is 10.1. The molecule has 0 radical (unpaired) electrons. The van der Waals surface area contributed by atoms with Crippen molar-refractivity contribution in [2.75, 3.05) is 0 Å². The first-order valence-corrected chi connectivity index (χ1v) is 4.35. The minimum atomic E-state index is -4.71. The van der Waals surface area contributed by atoms with Gasteiger partial charge in [0.2, 0.25) is 0 Å². The van der Waals surface area contributed by atoms with E-state index in [-0.39, 0.29) is 12.0 Å². The maximum atomic E-state index is 12.9. The van der Waals surface area contributed by atoms with Crippen molar-refractivity contribution in [2.45, 2.75) is 12.6 Å². The first-order valence-electron chi connectivity index (χ1n) is 4.35. The lowest BCUT2D eigenvalue weighted by Crippen LogP contribution is -2.08. The number of rotatable bonds is 2. The third-order valence-corrected chi connectivity index (χ3v) is 1.82. The zero-order chi connectivity index (χ0) is 12.2. The van der Waals surface area contributed by atoms with Gasteiger partial charge in [0, 0.05) is 0 Å². The minimum Gasteiger partial charge on any atom is -0.206 e. The number of hydrogen-bond acceptors (Lipinski definition) is 1. The first kappa shape index (κ1) is 12.2. The highest BCUT2D eigenvalue weighted by atomic mass is 19.4. The summed E-state index contributed by atoms with van der Waals surface area (Å²) in [7, 11) is 0. The van der Waals surface area contributed by atoms with Crippen molar-refractivity contribution >= 4 is 6.08 Å². The van der Waals surface area contributed by atoms with Gasteiger partial charge in [0.1, 0.15) is 5.82 Å². The maximum absolute atomic E-state index is 12.9. The van der Waals surface area contributed by atoms with Crippen molar-refractivity contribution < 1.29 is 17.6 Å². The Hall–Kier alpha value is -1.83. The standard InChI is InChI=1S/C11H7F4N/c12-10-5-4-8(3-1-2-6-16)7-9(10)11(13,14)15/h1,3-5,7H,2H2. The van der Waals surface area contributed by atoms with Crippen molar-refractivity contribution in [3.05, 3.63) is 41.2 Å². The predicted octanol–water partition coefficient (Wildman–Crippen LogP) is 3.77. The molecule has 0 unspecified atom stereocenters. The molecule has 0 aliphatic rings. The van der Waals surface area contributed by atoms with Gasteiger partial charge in [-0.15, -0.1) is 0 Å². The summed E-state index contributed by atoms with van der Waals surface area (Å²) in [4.78, 5) is 0. The Morgan fingerprint density at radius 1 is 1.31 bits per heavy atom. The molecule has 1 nitrogen and oxygen atoms in total. The Bertz CT molecular complexity index is 440. The summed E-state index contributed by atoms with van der Waals surface area (Å²) in [5.41, 5.74) is -1.09. The molecule has 16 heavy (non-hydrogen) atoms. The van der Waals surface area contributed by atoms with Gasteiger partial charge in [-0.3, -0.25) is 0 Å². The molecule has 0 amide bonds. The number of halogens is 4. The van der Waals surface area contributed by atoms with Gasteiger partial charge >= 0.3 is 6.18 Å². The van der Waals surface area contributed by atoms with E-state index in [0.717, 1.165) is 6.07 Å². The Balaban J connectivity index is 3.04. The molecule has 0 heterocycles. The van der Waals surface area contributed by atoms with Crippen LogP contribution in [0, 0.1) is 17.1 Å². The molecule has 0 saturated carbocycles. The topological polar surface area (TPSA) is 23.8 Å². The SMILES string of the molecule is N#CCC=Cc1ccc(F)c(C(F)(F)F)c1. The van der Waals surface area contributed by atoms with E-state index in [1.165, 1.54) is 18.2 Å². The number of alkyl halides is 3. The van der Waals surface area contributed by atoms with Crippen LogP contribution in [0.2, 0.25) is 0 Å². The van der Waals surface area contributed by atoms with E-state index in [1.54, 1.807) is 0 Å². The molecule has 0 aliphatic heterocycles. The van der Waals surface area contributed by atoms with Crippen molar-refractivity contribution in [1.82, 2.24) is 0 Å². The summed E-state index contributed by atoms with van der Waals surface area (Å²) in [6.45, 7) is 0.